The van der Waals surface area contributed by atoms with Crippen LogP contribution in [0.1, 0.15) is 16.7 Å². The van der Waals surface area contributed by atoms with Crippen molar-refractivity contribution in [1.82, 2.24) is 9.38 Å². The Morgan fingerprint density at radius 2 is 2.12 bits per heavy atom. The predicted molar refractivity (Wildman–Crippen MR) is 98.6 cm³/mol. The van der Waals surface area contributed by atoms with E-state index in [4.69, 9.17) is 4.98 Å². The number of nitrogens with zero attached hydrogens (tertiary/aromatic N) is 4. The molecular formula is C19H16N4S. The number of benzene rings is 1. The Bertz CT molecular complexity index is 1070. The fourth-order valence-corrected chi connectivity index (χ4v) is 3.75. The number of imidazole rings is 1. The van der Waals surface area contributed by atoms with Gasteiger partial charge in [-0.2, -0.15) is 16.6 Å². The largest absolute Gasteiger partial charge is 0.356 e. The molecule has 0 amide bonds. The van der Waals surface area contributed by atoms with Crippen LogP contribution in [0.3, 0.4) is 0 Å². The van der Waals surface area contributed by atoms with E-state index in [1.165, 1.54) is 5.56 Å². The van der Waals surface area contributed by atoms with Gasteiger partial charge < -0.3 is 4.90 Å². The van der Waals surface area contributed by atoms with Crippen LogP contribution in [0, 0.1) is 18.3 Å². The molecule has 4 aromatic rings. The third-order valence-corrected chi connectivity index (χ3v) is 4.99. The van der Waals surface area contributed by atoms with Gasteiger partial charge in [-0.3, -0.25) is 4.40 Å². The van der Waals surface area contributed by atoms with E-state index < -0.39 is 0 Å². The topological polar surface area (TPSA) is 44.3 Å². The highest BCUT2D eigenvalue weighted by Gasteiger charge is 2.17. The van der Waals surface area contributed by atoms with Crippen LogP contribution >= 0.6 is 11.3 Å². The minimum atomic E-state index is 0.638. The van der Waals surface area contributed by atoms with Gasteiger partial charge in [0.25, 0.3) is 0 Å². The number of rotatable bonds is 3. The van der Waals surface area contributed by atoms with Crippen molar-refractivity contribution in [2.24, 2.45) is 0 Å². The Kier molecular flexibility index (Phi) is 3.47. The third-order valence-electron chi connectivity index (χ3n) is 4.26. The summed E-state index contributed by atoms with van der Waals surface area (Å²) in [5, 5.41) is 13.8. The van der Waals surface area contributed by atoms with Gasteiger partial charge >= 0.3 is 0 Å². The molecule has 5 heteroatoms. The maximum absolute atomic E-state index is 9.56. The summed E-state index contributed by atoms with van der Waals surface area (Å²) in [7, 11) is 2.08. The second-order valence-electron chi connectivity index (χ2n) is 5.92. The number of pyridine rings is 1. The molecule has 1 aromatic carbocycles. The first-order valence-corrected chi connectivity index (χ1v) is 8.66. The molecule has 4 rings (SSSR count). The molecule has 0 aliphatic rings. The van der Waals surface area contributed by atoms with Gasteiger partial charge in [0.2, 0.25) is 0 Å². The van der Waals surface area contributed by atoms with Crippen LogP contribution in [0.25, 0.3) is 16.7 Å². The number of hydrogen-bond acceptors (Lipinski definition) is 4. The Balaban J connectivity index is 1.99. The first-order chi connectivity index (χ1) is 11.7. The van der Waals surface area contributed by atoms with E-state index in [1.807, 2.05) is 31.2 Å². The summed E-state index contributed by atoms with van der Waals surface area (Å²) in [5.41, 5.74) is 5.53. The number of aryl methyl sites for hydroxylation is 1. The quantitative estimate of drug-likeness (QED) is 0.560. The average Bonchev–Trinajstić information content (AvgIpc) is 3.21. The Morgan fingerprint density at radius 1 is 1.29 bits per heavy atom. The molecule has 0 atom stereocenters. The van der Waals surface area contributed by atoms with E-state index in [9.17, 15) is 5.26 Å². The molecule has 0 saturated heterocycles. The zero-order valence-electron chi connectivity index (χ0n) is 13.5. The summed E-state index contributed by atoms with van der Waals surface area (Å²) >= 11 is 1.70. The molecule has 3 aromatic heterocycles. The number of fused-ring (bicyclic) bond motifs is 3. The van der Waals surface area contributed by atoms with E-state index in [2.05, 4.69) is 45.3 Å². The molecule has 0 spiro atoms. The molecule has 3 heterocycles. The first kappa shape index (κ1) is 14.7. The highest BCUT2D eigenvalue weighted by Crippen LogP contribution is 2.29. The van der Waals surface area contributed by atoms with Gasteiger partial charge in [-0.15, -0.1) is 0 Å². The van der Waals surface area contributed by atoms with Crippen molar-refractivity contribution in [2.75, 3.05) is 11.9 Å². The fourth-order valence-electron chi connectivity index (χ4n) is 3.09. The summed E-state index contributed by atoms with van der Waals surface area (Å²) < 4.78 is 2.09. The molecular weight excluding hydrogens is 316 g/mol. The Labute approximate surface area is 144 Å². The highest BCUT2D eigenvalue weighted by molar-refractivity contribution is 7.07. The monoisotopic (exact) mass is 332 g/mol. The smallest absolute Gasteiger partial charge is 0.157 e. The van der Waals surface area contributed by atoms with Gasteiger partial charge in [-0.05, 0) is 53.1 Å². The standard InChI is InChI=1S/C19H16N4S/c1-13-9-18(22(2)11-14-7-8-24-12-14)23-17-6-4-3-5-16(17)21-19(23)15(13)10-20/h3-9,12H,11H2,1-2H3. The summed E-state index contributed by atoms with van der Waals surface area (Å²) in [6.07, 6.45) is 0. The van der Waals surface area contributed by atoms with Gasteiger partial charge in [0, 0.05) is 13.6 Å². The van der Waals surface area contributed by atoms with Crippen LogP contribution in [0.15, 0.2) is 47.2 Å². The van der Waals surface area contributed by atoms with E-state index >= 15 is 0 Å². The van der Waals surface area contributed by atoms with Crippen molar-refractivity contribution in [3.05, 3.63) is 63.8 Å². The number of anilines is 1. The van der Waals surface area contributed by atoms with Gasteiger partial charge in [-0.25, -0.2) is 4.98 Å². The van der Waals surface area contributed by atoms with E-state index in [0.717, 1.165) is 34.6 Å². The van der Waals surface area contributed by atoms with E-state index in [-0.39, 0.29) is 0 Å². The summed E-state index contributed by atoms with van der Waals surface area (Å²) in [6.45, 7) is 2.79. The zero-order valence-corrected chi connectivity index (χ0v) is 14.3. The second-order valence-corrected chi connectivity index (χ2v) is 6.70. The van der Waals surface area contributed by atoms with E-state index in [0.29, 0.717) is 5.56 Å². The fraction of sp³-hybridized carbons (Fsp3) is 0.158. The van der Waals surface area contributed by atoms with Crippen molar-refractivity contribution in [2.45, 2.75) is 13.5 Å². The summed E-state index contributed by atoms with van der Waals surface area (Å²) in [6, 6.07) is 14.5. The normalized spacial score (nSPS) is 11.0. The molecule has 0 radical (unpaired) electrons. The minimum absolute atomic E-state index is 0.638. The molecule has 0 fully saturated rings. The van der Waals surface area contributed by atoms with Crippen LogP contribution in [0.2, 0.25) is 0 Å². The van der Waals surface area contributed by atoms with E-state index in [1.54, 1.807) is 11.3 Å². The molecule has 118 valence electrons. The molecule has 0 saturated carbocycles. The number of para-hydroxylation sites is 2. The highest BCUT2D eigenvalue weighted by atomic mass is 32.1. The first-order valence-electron chi connectivity index (χ1n) is 7.72. The lowest BCUT2D eigenvalue weighted by Gasteiger charge is -2.21. The van der Waals surface area contributed by atoms with Crippen molar-refractivity contribution in [3.63, 3.8) is 0 Å². The van der Waals surface area contributed by atoms with Crippen LogP contribution in [0.4, 0.5) is 5.82 Å². The average molecular weight is 332 g/mol. The maximum Gasteiger partial charge on any atom is 0.157 e. The number of nitriles is 1. The van der Waals surface area contributed by atoms with Crippen molar-refractivity contribution >= 4 is 33.8 Å². The second kappa shape index (κ2) is 5.66. The molecule has 0 unspecified atom stereocenters. The third kappa shape index (κ3) is 2.24. The summed E-state index contributed by atoms with van der Waals surface area (Å²) in [5.74, 6) is 1.04. The van der Waals surface area contributed by atoms with Gasteiger partial charge in [0.05, 0.1) is 16.6 Å². The Hall–Kier alpha value is -2.84. The molecule has 0 bridgehead atoms. The molecule has 0 N–H and O–H groups in total. The lowest BCUT2D eigenvalue weighted by molar-refractivity contribution is 0.890. The van der Waals surface area contributed by atoms with Crippen LogP contribution < -0.4 is 4.90 Å². The van der Waals surface area contributed by atoms with Crippen molar-refractivity contribution in [1.29, 1.82) is 5.26 Å². The molecule has 24 heavy (non-hydrogen) atoms. The number of thiophene rings is 1. The summed E-state index contributed by atoms with van der Waals surface area (Å²) in [4.78, 5) is 6.91. The molecule has 4 nitrogen and oxygen atoms in total. The Morgan fingerprint density at radius 3 is 2.88 bits per heavy atom. The molecule has 0 aliphatic heterocycles. The van der Waals surface area contributed by atoms with Crippen LogP contribution in [-0.2, 0) is 6.54 Å². The van der Waals surface area contributed by atoms with Crippen molar-refractivity contribution < 1.29 is 0 Å². The predicted octanol–water partition coefficient (Wildman–Crippen LogP) is 4.37. The zero-order chi connectivity index (χ0) is 16.7. The van der Waals surface area contributed by atoms with Crippen molar-refractivity contribution in [3.8, 4) is 6.07 Å². The minimum Gasteiger partial charge on any atom is -0.356 e. The van der Waals surface area contributed by atoms with Gasteiger partial charge in [0.15, 0.2) is 5.65 Å². The number of hydrogen-bond donors (Lipinski definition) is 0. The SMILES string of the molecule is Cc1cc(N(C)Cc2ccsc2)n2c(nc3ccccc32)c1C#N. The maximum atomic E-state index is 9.56. The van der Waals surface area contributed by atoms with Gasteiger partial charge in [-0.1, -0.05) is 12.1 Å². The molecule has 0 aliphatic carbocycles. The van der Waals surface area contributed by atoms with Crippen LogP contribution in [0.5, 0.6) is 0 Å². The van der Waals surface area contributed by atoms with Gasteiger partial charge in [0.1, 0.15) is 11.9 Å². The van der Waals surface area contributed by atoms with Crippen LogP contribution in [-0.4, -0.2) is 16.4 Å². The lowest BCUT2D eigenvalue weighted by Crippen LogP contribution is -2.19. The lowest BCUT2D eigenvalue weighted by atomic mass is 10.1. The number of aromatic nitrogens is 2.